The van der Waals surface area contributed by atoms with Crippen molar-refractivity contribution in [3.05, 3.63) is 77.2 Å². The monoisotopic (exact) mass is 307 g/mol. The van der Waals surface area contributed by atoms with Gasteiger partial charge >= 0.3 is 5.97 Å². The third-order valence-electron chi connectivity index (χ3n) is 3.51. The number of aromatic nitrogens is 1. The number of rotatable bonds is 4. The number of ether oxygens (including phenoxy) is 1. The van der Waals surface area contributed by atoms with Crippen LogP contribution in [-0.4, -0.2) is 11.0 Å². The SMILES string of the molecule is Cc1cccc(C(=O)OCc2nc(-c3ccccc3)oc2C)c1. The first-order valence-electron chi connectivity index (χ1n) is 7.39. The lowest BCUT2D eigenvalue weighted by atomic mass is 10.1. The van der Waals surface area contributed by atoms with Gasteiger partial charge in [-0.05, 0) is 38.1 Å². The molecule has 0 unspecified atom stereocenters. The first kappa shape index (κ1) is 15.0. The molecule has 0 bridgehead atoms. The summed E-state index contributed by atoms with van der Waals surface area (Å²) in [5.41, 5.74) is 3.08. The van der Waals surface area contributed by atoms with Crippen LogP contribution in [-0.2, 0) is 11.3 Å². The van der Waals surface area contributed by atoms with E-state index in [-0.39, 0.29) is 12.6 Å². The van der Waals surface area contributed by atoms with Crippen molar-refractivity contribution in [1.29, 1.82) is 0 Å². The molecule has 0 aliphatic rings. The lowest BCUT2D eigenvalue weighted by molar-refractivity contribution is 0.0467. The zero-order valence-corrected chi connectivity index (χ0v) is 13.1. The van der Waals surface area contributed by atoms with Gasteiger partial charge in [-0.1, -0.05) is 35.9 Å². The lowest BCUT2D eigenvalue weighted by Gasteiger charge is -2.03. The quantitative estimate of drug-likeness (QED) is 0.674. The molecule has 2 aromatic carbocycles. The van der Waals surface area contributed by atoms with Gasteiger partial charge in [-0.25, -0.2) is 9.78 Å². The number of benzene rings is 2. The first-order valence-corrected chi connectivity index (χ1v) is 7.39. The molecule has 0 N–H and O–H groups in total. The molecule has 0 amide bonds. The standard InChI is InChI=1S/C19H17NO3/c1-13-7-6-10-16(11-13)19(21)22-12-17-14(2)23-18(20-17)15-8-4-3-5-9-15/h3-11H,12H2,1-2H3. The minimum atomic E-state index is -0.364. The number of esters is 1. The first-order chi connectivity index (χ1) is 11.1. The number of hydrogen-bond donors (Lipinski definition) is 0. The fourth-order valence-corrected chi connectivity index (χ4v) is 2.26. The number of nitrogens with zero attached hydrogens (tertiary/aromatic N) is 1. The maximum atomic E-state index is 12.1. The summed E-state index contributed by atoms with van der Waals surface area (Å²) in [4.78, 5) is 16.5. The number of carbonyl (C=O) groups is 1. The molecule has 0 saturated carbocycles. The van der Waals surface area contributed by atoms with Crippen molar-refractivity contribution in [1.82, 2.24) is 4.98 Å². The van der Waals surface area contributed by atoms with Crippen molar-refractivity contribution in [2.24, 2.45) is 0 Å². The summed E-state index contributed by atoms with van der Waals surface area (Å²) in [5.74, 6) is 0.822. The summed E-state index contributed by atoms with van der Waals surface area (Å²) in [5, 5.41) is 0. The highest BCUT2D eigenvalue weighted by Gasteiger charge is 2.14. The van der Waals surface area contributed by atoms with Crippen molar-refractivity contribution in [2.45, 2.75) is 20.5 Å². The van der Waals surface area contributed by atoms with Gasteiger partial charge in [0.2, 0.25) is 5.89 Å². The average molecular weight is 307 g/mol. The van der Waals surface area contributed by atoms with Gasteiger partial charge in [-0.15, -0.1) is 0 Å². The molecule has 1 aromatic heterocycles. The molecular weight excluding hydrogens is 290 g/mol. The van der Waals surface area contributed by atoms with E-state index in [1.54, 1.807) is 12.1 Å². The minimum absolute atomic E-state index is 0.0922. The van der Waals surface area contributed by atoms with E-state index in [2.05, 4.69) is 4.98 Å². The minimum Gasteiger partial charge on any atom is -0.455 e. The summed E-state index contributed by atoms with van der Waals surface area (Å²) in [6.45, 7) is 3.84. The topological polar surface area (TPSA) is 52.3 Å². The van der Waals surface area contributed by atoms with E-state index in [0.29, 0.717) is 22.9 Å². The Kier molecular flexibility index (Phi) is 4.24. The van der Waals surface area contributed by atoms with Crippen LogP contribution in [0.3, 0.4) is 0 Å². The number of aryl methyl sites for hydroxylation is 2. The Morgan fingerprint density at radius 1 is 1.09 bits per heavy atom. The van der Waals surface area contributed by atoms with Crippen molar-refractivity contribution >= 4 is 5.97 Å². The highest BCUT2D eigenvalue weighted by molar-refractivity contribution is 5.89. The lowest BCUT2D eigenvalue weighted by Crippen LogP contribution is -2.06. The predicted octanol–water partition coefficient (Wildman–Crippen LogP) is 4.32. The van der Waals surface area contributed by atoms with E-state index in [4.69, 9.17) is 9.15 Å². The molecule has 0 aliphatic heterocycles. The molecule has 0 radical (unpaired) electrons. The van der Waals surface area contributed by atoms with Gasteiger partial charge in [0.25, 0.3) is 0 Å². The zero-order chi connectivity index (χ0) is 16.2. The second-order valence-electron chi connectivity index (χ2n) is 5.33. The fourth-order valence-electron chi connectivity index (χ4n) is 2.26. The van der Waals surface area contributed by atoms with Gasteiger partial charge in [-0.3, -0.25) is 0 Å². The Morgan fingerprint density at radius 3 is 2.61 bits per heavy atom. The van der Waals surface area contributed by atoms with Crippen LogP contribution in [0.25, 0.3) is 11.5 Å². The van der Waals surface area contributed by atoms with Crippen molar-refractivity contribution < 1.29 is 13.9 Å². The van der Waals surface area contributed by atoms with E-state index >= 15 is 0 Å². The molecule has 3 rings (SSSR count). The van der Waals surface area contributed by atoms with Crippen LogP contribution < -0.4 is 0 Å². The molecule has 0 fully saturated rings. The Bertz CT molecular complexity index is 822. The molecule has 3 aromatic rings. The Hall–Kier alpha value is -2.88. The van der Waals surface area contributed by atoms with Crippen LogP contribution in [0.1, 0.15) is 27.4 Å². The predicted molar refractivity (Wildman–Crippen MR) is 87.0 cm³/mol. The van der Waals surface area contributed by atoms with Gasteiger partial charge < -0.3 is 9.15 Å². The molecule has 4 heteroatoms. The second kappa shape index (κ2) is 6.48. The summed E-state index contributed by atoms with van der Waals surface area (Å²) in [6.07, 6.45) is 0. The third kappa shape index (κ3) is 3.48. The Labute approximate surface area is 134 Å². The largest absolute Gasteiger partial charge is 0.455 e. The van der Waals surface area contributed by atoms with Gasteiger partial charge in [0.05, 0.1) is 5.56 Å². The van der Waals surface area contributed by atoms with Crippen LogP contribution >= 0.6 is 0 Å². The zero-order valence-electron chi connectivity index (χ0n) is 13.1. The van der Waals surface area contributed by atoms with Gasteiger partial charge in [0.1, 0.15) is 18.1 Å². The highest BCUT2D eigenvalue weighted by atomic mass is 16.5. The smallest absolute Gasteiger partial charge is 0.338 e. The molecular formula is C19H17NO3. The Morgan fingerprint density at radius 2 is 1.87 bits per heavy atom. The van der Waals surface area contributed by atoms with E-state index in [0.717, 1.165) is 11.1 Å². The number of oxazole rings is 1. The maximum Gasteiger partial charge on any atom is 0.338 e. The van der Waals surface area contributed by atoms with Crippen LogP contribution in [0.2, 0.25) is 0 Å². The average Bonchev–Trinajstić information content (AvgIpc) is 2.94. The van der Waals surface area contributed by atoms with Crippen molar-refractivity contribution in [3.63, 3.8) is 0 Å². The van der Waals surface area contributed by atoms with Gasteiger partial charge in [-0.2, -0.15) is 0 Å². The van der Waals surface area contributed by atoms with Crippen LogP contribution in [0.4, 0.5) is 0 Å². The highest BCUT2D eigenvalue weighted by Crippen LogP contribution is 2.22. The summed E-state index contributed by atoms with van der Waals surface area (Å²) in [7, 11) is 0. The molecule has 0 atom stereocenters. The number of carbonyl (C=O) groups excluding carboxylic acids is 1. The molecule has 1 heterocycles. The van der Waals surface area contributed by atoms with Crippen molar-refractivity contribution in [3.8, 4) is 11.5 Å². The molecule has 23 heavy (non-hydrogen) atoms. The molecule has 0 aliphatic carbocycles. The van der Waals surface area contributed by atoms with E-state index in [1.807, 2.05) is 56.3 Å². The van der Waals surface area contributed by atoms with E-state index in [9.17, 15) is 4.79 Å². The molecule has 0 spiro atoms. The fraction of sp³-hybridized carbons (Fsp3) is 0.158. The van der Waals surface area contributed by atoms with E-state index in [1.165, 1.54) is 0 Å². The van der Waals surface area contributed by atoms with Gasteiger partial charge in [0, 0.05) is 5.56 Å². The molecule has 116 valence electrons. The molecule has 4 nitrogen and oxygen atoms in total. The van der Waals surface area contributed by atoms with Crippen LogP contribution in [0.5, 0.6) is 0 Å². The summed E-state index contributed by atoms with van der Waals surface area (Å²) < 4.78 is 11.0. The summed E-state index contributed by atoms with van der Waals surface area (Å²) >= 11 is 0. The van der Waals surface area contributed by atoms with E-state index < -0.39 is 0 Å². The van der Waals surface area contributed by atoms with Gasteiger partial charge in [0.15, 0.2) is 0 Å². The third-order valence-corrected chi connectivity index (χ3v) is 3.51. The Balaban J connectivity index is 1.71. The van der Waals surface area contributed by atoms with Crippen LogP contribution in [0.15, 0.2) is 59.0 Å². The maximum absolute atomic E-state index is 12.1. The summed E-state index contributed by atoms with van der Waals surface area (Å²) in [6, 6.07) is 16.9. The van der Waals surface area contributed by atoms with Crippen LogP contribution in [0, 0.1) is 13.8 Å². The second-order valence-corrected chi connectivity index (χ2v) is 5.33. The number of hydrogen-bond acceptors (Lipinski definition) is 4. The normalized spacial score (nSPS) is 10.5. The van der Waals surface area contributed by atoms with Crippen molar-refractivity contribution in [2.75, 3.05) is 0 Å². The molecule has 0 saturated heterocycles.